The van der Waals surface area contributed by atoms with E-state index in [4.69, 9.17) is 5.11 Å². The number of rotatable bonds is 6. The van der Waals surface area contributed by atoms with Crippen molar-refractivity contribution in [3.05, 3.63) is 36.7 Å². The molecule has 0 aliphatic heterocycles. The normalized spacial score (nSPS) is 11.4. The Morgan fingerprint density at radius 2 is 2.26 bits per heavy atom. The zero-order valence-electron chi connectivity index (χ0n) is 10.1. The van der Waals surface area contributed by atoms with Crippen molar-refractivity contribution in [1.82, 2.24) is 10.3 Å². The molecule has 0 aromatic carbocycles. The van der Waals surface area contributed by atoms with Crippen molar-refractivity contribution >= 4 is 12.1 Å². The summed E-state index contributed by atoms with van der Waals surface area (Å²) < 4.78 is 4.64. The van der Waals surface area contributed by atoms with Crippen LogP contribution in [0, 0.1) is 0 Å². The molecule has 0 fully saturated rings. The number of alkyl carbamates (subject to hydrolysis) is 1. The maximum Gasteiger partial charge on any atom is 0.408 e. The van der Waals surface area contributed by atoms with Gasteiger partial charge in [-0.05, 0) is 11.6 Å². The SMILES string of the molecule is C=CCOC(=O)NC(Cc1cncc(O)c1)C(=O)O. The van der Waals surface area contributed by atoms with Gasteiger partial charge in [0.05, 0.1) is 6.20 Å². The number of ether oxygens (including phenoxy) is 1. The van der Waals surface area contributed by atoms with Gasteiger partial charge in [0.25, 0.3) is 0 Å². The number of aromatic hydroxyl groups is 1. The summed E-state index contributed by atoms with van der Waals surface area (Å²) in [6, 6.07) is 0.209. The van der Waals surface area contributed by atoms with Crippen LogP contribution in [-0.4, -0.2) is 39.9 Å². The van der Waals surface area contributed by atoms with Gasteiger partial charge >= 0.3 is 12.1 Å². The molecule has 0 spiro atoms. The zero-order chi connectivity index (χ0) is 14.3. The number of aliphatic carboxylic acids is 1. The Kier molecular flexibility index (Phi) is 5.34. The molecule has 1 rings (SSSR count). The Hall–Kier alpha value is -2.57. The van der Waals surface area contributed by atoms with Crippen molar-refractivity contribution in [3.63, 3.8) is 0 Å². The highest BCUT2D eigenvalue weighted by Gasteiger charge is 2.21. The molecule has 3 N–H and O–H groups in total. The van der Waals surface area contributed by atoms with E-state index in [9.17, 15) is 14.7 Å². The molecule has 1 unspecified atom stereocenters. The van der Waals surface area contributed by atoms with Crippen LogP contribution in [0.1, 0.15) is 5.56 Å². The molecule has 1 amide bonds. The van der Waals surface area contributed by atoms with Gasteiger partial charge in [0, 0.05) is 12.6 Å². The zero-order valence-corrected chi connectivity index (χ0v) is 10.1. The first kappa shape index (κ1) is 14.5. The van der Waals surface area contributed by atoms with Crippen LogP contribution in [0.5, 0.6) is 5.75 Å². The Morgan fingerprint density at radius 3 is 2.84 bits per heavy atom. The second-order valence-electron chi connectivity index (χ2n) is 3.68. The van der Waals surface area contributed by atoms with E-state index in [1.165, 1.54) is 24.5 Å². The van der Waals surface area contributed by atoms with Crippen LogP contribution in [0.4, 0.5) is 4.79 Å². The van der Waals surface area contributed by atoms with Crippen LogP contribution in [0.3, 0.4) is 0 Å². The smallest absolute Gasteiger partial charge is 0.408 e. The van der Waals surface area contributed by atoms with E-state index >= 15 is 0 Å². The van der Waals surface area contributed by atoms with Crippen LogP contribution in [0.2, 0.25) is 0 Å². The molecule has 7 heteroatoms. The molecule has 0 aliphatic rings. The van der Waals surface area contributed by atoms with Gasteiger partial charge in [-0.25, -0.2) is 9.59 Å². The summed E-state index contributed by atoms with van der Waals surface area (Å²) in [5.41, 5.74) is 0.483. The van der Waals surface area contributed by atoms with Crippen molar-refractivity contribution in [2.75, 3.05) is 6.61 Å². The summed E-state index contributed by atoms with van der Waals surface area (Å²) in [6.45, 7) is 3.36. The van der Waals surface area contributed by atoms with Gasteiger partial charge < -0.3 is 20.3 Å². The van der Waals surface area contributed by atoms with Gasteiger partial charge in [-0.2, -0.15) is 0 Å². The number of pyridine rings is 1. The number of carbonyl (C=O) groups is 2. The van der Waals surface area contributed by atoms with Gasteiger partial charge in [-0.3, -0.25) is 4.98 Å². The predicted molar refractivity (Wildman–Crippen MR) is 65.7 cm³/mol. The first-order chi connectivity index (χ1) is 9.02. The maximum atomic E-state index is 11.3. The largest absolute Gasteiger partial charge is 0.506 e. The van der Waals surface area contributed by atoms with Crippen molar-refractivity contribution in [3.8, 4) is 5.75 Å². The topological polar surface area (TPSA) is 109 Å². The van der Waals surface area contributed by atoms with Crippen LogP contribution in [-0.2, 0) is 16.0 Å². The number of carboxylic acids is 1. The van der Waals surface area contributed by atoms with E-state index in [0.29, 0.717) is 5.56 Å². The second-order valence-corrected chi connectivity index (χ2v) is 3.68. The molecule has 19 heavy (non-hydrogen) atoms. The Balaban J connectivity index is 2.65. The van der Waals surface area contributed by atoms with Gasteiger partial charge in [-0.1, -0.05) is 12.7 Å². The molecular formula is C12H14N2O5. The van der Waals surface area contributed by atoms with Crippen LogP contribution in [0.25, 0.3) is 0 Å². The molecule has 0 bridgehead atoms. The lowest BCUT2D eigenvalue weighted by atomic mass is 10.1. The number of amides is 1. The summed E-state index contributed by atoms with van der Waals surface area (Å²) in [5.74, 6) is -1.28. The van der Waals surface area contributed by atoms with E-state index in [-0.39, 0.29) is 18.8 Å². The molecule has 102 valence electrons. The summed E-state index contributed by atoms with van der Waals surface area (Å²) in [5, 5.41) is 20.4. The maximum absolute atomic E-state index is 11.3. The van der Waals surface area contributed by atoms with Crippen molar-refractivity contribution in [2.24, 2.45) is 0 Å². The highest BCUT2D eigenvalue weighted by molar-refractivity contribution is 5.80. The molecule has 1 aromatic rings. The molecule has 0 radical (unpaired) electrons. The quantitative estimate of drug-likeness (QED) is 0.654. The van der Waals surface area contributed by atoms with Crippen LogP contribution >= 0.6 is 0 Å². The second kappa shape index (κ2) is 7.00. The van der Waals surface area contributed by atoms with Gasteiger partial charge in [0.2, 0.25) is 0 Å². The lowest BCUT2D eigenvalue weighted by molar-refractivity contribution is -0.139. The lowest BCUT2D eigenvalue weighted by Crippen LogP contribution is -2.42. The van der Waals surface area contributed by atoms with Crippen LogP contribution in [0.15, 0.2) is 31.1 Å². The highest BCUT2D eigenvalue weighted by Crippen LogP contribution is 2.10. The minimum Gasteiger partial charge on any atom is -0.506 e. The van der Waals surface area contributed by atoms with Crippen LogP contribution < -0.4 is 5.32 Å². The number of carboxylic acid groups (broad SMARTS) is 1. The summed E-state index contributed by atoms with van der Waals surface area (Å²) in [4.78, 5) is 26.0. The number of hydrogen-bond donors (Lipinski definition) is 3. The monoisotopic (exact) mass is 266 g/mol. The minimum atomic E-state index is -1.21. The fourth-order valence-corrected chi connectivity index (χ4v) is 1.34. The molecule has 1 aromatic heterocycles. The fraction of sp³-hybridized carbons (Fsp3) is 0.250. The van der Waals surface area contributed by atoms with Gasteiger partial charge in [-0.15, -0.1) is 0 Å². The highest BCUT2D eigenvalue weighted by atomic mass is 16.5. The van der Waals surface area contributed by atoms with E-state index in [1.54, 1.807) is 0 Å². The molecule has 0 aliphatic carbocycles. The standard InChI is InChI=1S/C12H14N2O5/c1-2-3-19-12(18)14-10(11(16)17)5-8-4-9(15)7-13-6-8/h2,4,6-7,10,15H,1,3,5H2,(H,14,18)(H,16,17). The lowest BCUT2D eigenvalue weighted by Gasteiger charge is -2.14. The van der Waals surface area contributed by atoms with E-state index in [0.717, 1.165) is 0 Å². The average molecular weight is 266 g/mol. The molecule has 1 atom stereocenters. The average Bonchev–Trinajstić information content (AvgIpc) is 2.35. The summed E-state index contributed by atoms with van der Waals surface area (Å²) in [6.07, 6.45) is 3.15. The first-order valence-corrected chi connectivity index (χ1v) is 5.43. The van der Waals surface area contributed by atoms with E-state index in [2.05, 4.69) is 21.6 Å². The third-order valence-corrected chi connectivity index (χ3v) is 2.14. The third kappa shape index (κ3) is 5.07. The summed E-state index contributed by atoms with van der Waals surface area (Å²) in [7, 11) is 0. The molecule has 0 saturated heterocycles. The van der Waals surface area contributed by atoms with Gasteiger partial charge in [0.15, 0.2) is 0 Å². The number of carbonyl (C=O) groups excluding carboxylic acids is 1. The van der Waals surface area contributed by atoms with Crippen molar-refractivity contribution in [1.29, 1.82) is 0 Å². The number of nitrogens with one attached hydrogen (secondary N) is 1. The number of aromatic nitrogens is 1. The number of hydrogen-bond acceptors (Lipinski definition) is 5. The minimum absolute atomic E-state index is 0.00808. The molecule has 1 heterocycles. The molecule has 7 nitrogen and oxygen atoms in total. The first-order valence-electron chi connectivity index (χ1n) is 5.43. The fourth-order valence-electron chi connectivity index (χ4n) is 1.34. The molecule has 0 saturated carbocycles. The Morgan fingerprint density at radius 1 is 1.53 bits per heavy atom. The van der Waals surface area contributed by atoms with Gasteiger partial charge in [0.1, 0.15) is 18.4 Å². The molecular weight excluding hydrogens is 252 g/mol. The summed E-state index contributed by atoms with van der Waals surface area (Å²) >= 11 is 0. The third-order valence-electron chi connectivity index (χ3n) is 2.14. The predicted octanol–water partition coefficient (Wildman–Crippen LogP) is 0.695. The van der Waals surface area contributed by atoms with Crippen molar-refractivity contribution < 1.29 is 24.5 Å². The van der Waals surface area contributed by atoms with Crippen molar-refractivity contribution in [2.45, 2.75) is 12.5 Å². The Bertz CT molecular complexity index is 475. The van der Waals surface area contributed by atoms with E-state index in [1.807, 2.05) is 0 Å². The Labute approximate surface area is 109 Å². The van der Waals surface area contributed by atoms with E-state index < -0.39 is 18.1 Å². The number of nitrogens with zero attached hydrogens (tertiary/aromatic N) is 1.